The molecule has 0 saturated carbocycles. The zero-order valence-corrected chi connectivity index (χ0v) is 9.89. The van der Waals surface area contributed by atoms with Crippen molar-refractivity contribution in [2.24, 2.45) is 5.73 Å². The summed E-state index contributed by atoms with van der Waals surface area (Å²) in [6.07, 6.45) is -0.464. The fraction of sp³-hybridized carbons (Fsp3) is 0.222. The number of nitrogens with one attached hydrogen (secondary N) is 1. The van der Waals surface area contributed by atoms with Gasteiger partial charge in [0.1, 0.15) is 11.6 Å². The Morgan fingerprint density at radius 3 is 2.79 bits per heavy atom. The van der Waals surface area contributed by atoms with E-state index in [1.807, 2.05) is 6.07 Å². The summed E-state index contributed by atoms with van der Waals surface area (Å²) in [6.45, 7) is 1.70. The van der Waals surface area contributed by atoms with Crippen LogP contribution in [0.1, 0.15) is 6.92 Å². The molecule has 0 bridgehead atoms. The molecule has 0 fully saturated rings. The van der Waals surface area contributed by atoms with Gasteiger partial charge >= 0.3 is 0 Å². The van der Waals surface area contributed by atoms with Crippen molar-refractivity contribution in [2.45, 2.75) is 13.0 Å². The molecule has 1 unspecified atom stereocenters. The van der Waals surface area contributed by atoms with Crippen LogP contribution >= 0.6 is 27.5 Å². The molecular weight excluding hydrogens is 267 g/mol. The summed E-state index contributed by atoms with van der Waals surface area (Å²) in [5.74, 6) is 0.501. The number of hydrogen-bond donors (Lipinski definition) is 2. The van der Waals surface area contributed by atoms with Crippen LogP contribution in [-0.4, -0.2) is 11.9 Å². The van der Waals surface area contributed by atoms with Gasteiger partial charge in [-0.1, -0.05) is 27.5 Å². The first-order chi connectivity index (χ1) is 6.50. The molecule has 76 valence electrons. The average Bonchev–Trinajstić information content (AvgIpc) is 2.09. The molecule has 0 saturated heterocycles. The predicted octanol–water partition coefficient (Wildman–Crippen LogP) is 2.81. The zero-order chi connectivity index (χ0) is 10.7. The lowest BCUT2D eigenvalue weighted by molar-refractivity contribution is 0.285. The highest BCUT2D eigenvalue weighted by Gasteiger charge is 2.09. The molecule has 5 heteroatoms. The number of benzene rings is 1. The van der Waals surface area contributed by atoms with Gasteiger partial charge < -0.3 is 10.5 Å². The maximum Gasteiger partial charge on any atom is 0.152 e. The van der Waals surface area contributed by atoms with Crippen molar-refractivity contribution in [3.05, 3.63) is 27.7 Å². The molecule has 0 amide bonds. The van der Waals surface area contributed by atoms with E-state index < -0.39 is 6.10 Å². The lowest BCUT2D eigenvalue weighted by Gasteiger charge is -2.14. The highest BCUT2D eigenvalue weighted by molar-refractivity contribution is 9.10. The molecule has 0 aliphatic carbocycles. The Labute approximate surface area is 95.8 Å². The SMILES string of the molecule is CC(Oc1ccc(Br)cc1Cl)C(=N)N. The van der Waals surface area contributed by atoms with Crippen LogP contribution in [0.15, 0.2) is 22.7 Å². The van der Waals surface area contributed by atoms with Crippen molar-refractivity contribution in [1.29, 1.82) is 5.41 Å². The number of amidine groups is 1. The summed E-state index contributed by atoms with van der Waals surface area (Å²) in [6, 6.07) is 5.27. The highest BCUT2D eigenvalue weighted by Crippen LogP contribution is 2.28. The molecule has 1 rings (SSSR count). The van der Waals surface area contributed by atoms with E-state index in [2.05, 4.69) is 15.9 Å². The van der Waals surface area contributed by atoms with E-state index in [0.29, 0.717) is 10.8 Å². The van der Waals surface area contributed by atoms with Crippen molar-refractivity contribution >= 4 is 33.4 Å². The molecule has 0 aliphatic rings. The van der Waals surface area contributed by atoms with E-state index in [9.17, 15) is 0 Å². The monoisotopic (exact) mass is 276 g/mol. The number of nitrogens with two attached hydrogens (primary N) is 1. The van der Waals surface area contributed by atoms with Gasteiger partial charge in [-0.2, -0.15) is 0 Å². The predicted molar refractivity (Wildman–Crippen MR) is 61.2 cm³/mol. The molecule has 1 aromatic rings. The topological polar surface area (TPSA) is 59.1 Å². The van der Waals surface area contributed by atoms with Gasteiger partial charge in [-0.3, -0.25) is 5.41 Å². The summed E-state index contributed by atoms with van der Waals surface area (Å²) in [5, 5.41) is 7.66. The second-order valence-electron chi connectivity index (χ2n) is 2.79. The van der Waals surface area contributed by atoms with Gasteiger partial charge in [0.25, 0.3) is 0 Å². The van der Waals surface area contributed by atoms with E-state index in [1.165, 1.54) is 0 Å². The molecule has 14 heavy (non-hydrogen) atoms. The number of hydrogen-bond acceptors (Lipinski definition) is 2. The van der Waals surface area contributed by atoms with Gasteiger partial charge in [-0.15, -0.1) is 0 Å². The second-order valence-corrected chi connectivity index (χ2v) is 4.11. The Morgan fingerprint density at radius 1 is 1.64 bits per heavy atom. The van der Waals surface area contributed by atoms with Crippen LogP contribution in [-0.2, 0) is 0 Å². The highest BCUT2D eigenvalue weighted by atomic mass is 79.9. The maximum atomic E-state index is 7.16. The first-order valence-electron chi connectivity index (χ1n) is 3.96. The van der Waals surface area contributed by atoms with Gasteiger partial charge in [0.05, 0.1) is 5.02 Å². The summed E-state index contributed by atoms with van der Waals surface area (Å²) < 4.78 is 6.24. The Kier molecular flexibility index (Phi) is 3.77. The van der Waals surface area contributed by atoms with Crippen LogP contribution in [0.4, 0.5) is 0 Å². The van der Waals surface area contributed by atoms with Gasteiger partial charge in [0, 0.05) is 4.47 Å². The van der Waals surface area contributed by atoms with E-state index in [4.69, 9.17) is 27.5 Å². The van der Waals surface area contributed by atoms with Crippen molar-refractivity contribution in [3.63, 3.8) is 0 Å². The first-order valence-corrected chi connectivity index (χ1v) is 5.13. The molecular formula is C9H10BrClN2O. The quantitative estimate of drug-likeness (QED) is 0.659. The minimum absolute atomic E-state index is 0.0241. The molecule has 0 aliphatic heterocycles. The standard InChI is InChI=1S/C9H10BrClN2O/c1-5(9(12)13)14-8-3-2-6(10)4-7(8)11/h2-5H,1H3,(H3,12,13). The zero-order valence-electron chi connectivity index (χ0n) is 7.55. The molecule has 0 spiro atoms. The third-order valence-electron chi connectivity index (χ3n) is 1.64. The van der Waals surface area contributed by atoms with Crippen LogP contribution in [0.3, 0.4) is 0 Å². The third kappa shape index (κ3) is 2.89. The molecule has 3 N–H and O–H groups in total. The van der Waals surface area contributed by atoms with E-state index in [0.717, 1.165) is 4.47 Å². The normalized spacial score (nSPS) is 12.2. The van der Waals surface area contributed by atoms with Crippen molar-refractivity contribution < 1.29 is 4.74 Å². The van der Waals surface area contributed by atoms with E-state index in [1.54, 1.807) is 19.1 Å². The smallest absolute Gasteiger partial charge is 0.152 e. The third-order valence-corrected chi connectivity index (χ3v) is 2.42. The maximum absolute atomic E-state index is 7.16. The Balaban J connectivity index is 2.82. The largest absolute Gasteiger partial charge is 0.481 e. The van der Waals surface area contributed by atoms with Crippen LogP contribution < -0.4 is 10.5 Å². The van der Waals surface area contributed by atoms with Crippen molar-refractivity contribution in [3.8, 4) is 5.75 Å². The fourth-order valence-electron chi connectivity index (χ4n) is 0.825. The lowest BCUT2D eigenvalue weighted by atomic mass is 10.3. The molecule has 3 nitrogen and oxygen atoms in total. The summed E-state index contributed by atoms with van der Waals surface area (Å²) >= 11 is 9.20. The van der Waals surface area contributed by atoms with E-state index in [-0.39, 0.29) is 5.84 Å². The van der Waals surface area contributed by atoms with Gasteiger partial charge in [0.15, 0.2) is 6.10 Å². The van der Waals surface area contributed by atoms with Crippen LogP contribution in [0, 0.1) is 5.41 Å². The summed E-state index contributed by atoms with van der Waals surface area (Å²) in [5.41, 5.74) is 5.27. The van der Waals surface area contributed by atoms with Gasteiger partial charge in [-0.25, -0.2) is 0 Å². The second kappa shape index (κ2) is 4.66. The molecule has 0 heterocycles. The Morgan fingerprint density at radius 2 is 2.29 bits per heavy atom. The van der Waals surface area contributed by atoms with Crippen LogP contribution in [0.2, 0.25) is 5.02 Å². The molecule has 0 aromatic heterocycles. The molecule has 0 radical (unpaired) electrons. The average molecular weight is 278 g/mol. The number of halogens is 2. The molecule has 1 atom stereocenters. The molecule has 1 aromatic carbocycles. The van der Waals surface area contributed by atoms with Crippen molar-refractivity contribution in [1.82, 2.24) is 0 Å². The first kappa shape index (κ1) is 11.3. The fourth-order valence-corrected chi connectivity index (χ4v) is 1.54. The summed E-state index contributed by atoms with van der Waals surface area (Å²) in [4.78, 5) is 0. The number of rotatable bonds is 3. The number of ether oxygens (including phenoxy) is 1. The van der Waals surface area contributed by atoms with Crippen LogP contribution in [0.5, 0.6) is 5.75 Å². The minimum atomic E-state index is -0.464. The minimum Gasteiger partial charge on any atom is -0.481 e. The Bertz CT molecular complexity index is 357. The van der Waals surface area contributed by atoms with Gasteiger partial charge in [-0.05, 0) is 25.1 Å². The van der Waals surface area contributed by atoms with Gasteiger partial charge in [0.2, 0.25) is 0 Å². The Hall–Kier alpha value is -0.740. The van der Waals surface area contributed by atoms with E-state index >= 15 is 0 Å². The summed E-state index contributed by atoms with van der Waals surface area (Å²) in [7, 11) is 0. The lowest BCUT2D eigenvalue weighted by Crippen LogP contribution is -2.30. The van der Waals surface area contributed by atoms with Crippen molar-refractivity contribution in [2.75, 3.05) is 0 Å². The van der Waals surface area contributed by atoms with Crippen LogP contribution in [0.25, 0.3) is 0 Å².